The molecule has 0 aliphatic rings. The van der Waals surface area contributed by atoms with Crippen LogP contribution >= 0.6 is 0 Å². The molecule has 0 fully saturated rings. The first kappa shape index (κ1) is 15.7. The fourth-order valence-electron chi connectivity index (χ4n) is 2.11. The second kappa shape index (κ2) is 6.41. The lowest BCUT2D eigenvalue weighted by Crippen LogP contribution is -2.11. The van der Waals surface area contributed by atoms with Gasteiger partial charge in [0.1, 0.15) is 0 Å². The first-order valence-electron chi connectivity index (χ1n) is 7.23. The molecule has 0 radical (unpaired) electrons. The molecular weight excluding hydrogens is 270 g/mol. The summed E-state index contributed by atoms with van der Waals surface area (Å²) in [6.07, 6.45) is 3.28. The molecule has 0 amide bonds. The van der Waals surface area contributed by atoms with Gasteiger partial charge in [0.25, 0.3) is 0 Å². The van der Waals surface area contributed by atoms with Crippen molar-refractivity contribution in [2.24, 2.45) is 0 Å². The molecule has 2 aromatic rings. The van der Waals surface area contributed by atoms with Crippen LogP contribution in [-0.4, -0.2) is 5.78 Å². The number of carbonyl (C=O) groups excluding carboxylic acids is 1. The highest BCUT2D eigenvalue weighted by Gasteiger charge is 2.13. The van der Waals surface area contributed by atoms with Crippen molar-refractivity contribution < 1.29 is 4.79 Å². The van der Waals surface area contributed by atoms with Gasteiger partial charge in [0.2, 0.25) is 0 Å². The molecule has 110 valence electrons. The molecule has 0 heterocycles. The number of carbonyl (C=O) groups is 1. The summed E-state index contributed by atoms with van der Waals surface area (Å²) < 4.78 is 0. The van der Waals surface area contributed by atoms with Crippen LogP contribution in [0, 0.1) is 11.3 Å². The van der Waals surface area contributed by atoms with E-state index in [1.807, 2.05) is 30.3 Å². The van der Waals surface area contributed by atoms with E-state index in [9.17, 15) is 4.79 Å². The van der Waals surface area contributed by atoms with Crippen LogP contribution in [-0.2, 0) is 5.41 Å². The maximum Gasteiger partial charge on any atom is 0.185 e. The van der Waals surface area contributed by atoms with E-state index in [0.717, 1.165) is 5.56 Å². The van der Waals surface area contributed by atoms with Gasteiger partial charge in [-0.05, 0) is 34.8 Å². The molecule has 0 bridgehead atoms. The highest BCUT2D eigenvalue weighted by molar-refractivity contribution is 6.06. The van der Waals surface area contributed by atoms with Crippen molar-refractivity contribution in [2.45, 2.75) is 26.2 Å². The summed E-state index contributed by atoms with van der Waals surface area (Å²) in [6, 6.07) is 17.0. The predicted molar refractivity (Wildman–Crippen MR) is 89.7 cm³/mol. The van der Waals surface area contributed by atoms with E-state index in [-0.39, 0.29) is 11.2 Å². The smallest absolute Gasteiger partial charge is 0.185 e. The van der Waals surface area contributed by atoms with E-state index in [1.54, 1.807) is 30.4 Å². The second-order valence-electron chi connectivity index (χ2n) is 6.26. The summed E-state index contributed by atoms with van der Waals surface area (Å²) in [4.78, 5) is 12.2. The Morgan fingerprint density at radius 2 is 1.77 bits per heavy atom. The Kier molecular flexibility index (Phi) is 4.58. The van der Waals surface area contributed by atoms with Crippen molar-refractivity contribution in [1.82, 2.24) is 0 Å². The first-order valence-corrected chi connectivity index (χ1v) is 7.23. The normalized spacial score (nSPS) is 11.4. The maximum atomic E-state index is 12.2. The first-order chi connectivity index (χ1) is 10.4. The lowest BCUT2D eigenvalue weighted by Gasteiger charge is -2.18. The van der Waals surface area contributed by atoms with E-state index in [2.05, 4.69) is 26.8 Å². The molecule has 0 atom stereocenters. The third-order valence-electron chi connectivity index (χ3n) is 3.48. The summed E-state index contributed by atoms with van der Waals surface area (Å²) in [5, 5.41) is 8.87. The number of nitriles is 1. The maximum absolute atomic E-state index is 12.2. The minimum Gasteiger partial charge on any atom is -0.289 e. The Bertz CT molecular complexity index is 741. The fourth-order valence-corrected chi connectivity index (χ4v) is 2.11. The quantitative estimate of drug-likeness (QED) is 0.604. The van der Waals surface area contributed by atoms with Gasteiger partial charge in [-0.2, -0.15) is 5.26 Å². The van der Waals surface area contributed by atoms with Gasteiger partial charge in [-0.1, -0.05) is 63.2 Å². The van der Waals surface area contributed by atoms with Gasteiger partial charge < -0.3 is 0 Å². The van der Waals surface area contributed by atoms with Crippen LogP contribution in [0.2, 0.25) is 0 Å². The number of benzene rings is 2. The molecule has 0 spiro atoms. The highest BCUT2D eigenvalue weighted by Crippen LogP contribution is 2.22. The van der Waals surface area contributed by atoms with Gasteiger partial charge in [-0.3, -0.25) is 4.79 Å². The number of nitrogens with zero attached hydrogens (tertiary/aromatic N) is 1. The Hall–Kier alpha value is -2.66. The van der Waals surface area contributed by atoms with Gasteiger partial charge in [0.05, 0.1) is 11.6 Å². The number of allylic oxidation sites excluding steroid dienone is 1. The molecule has 0 aromatic heterocycles. The number of rotatable bonds is 3. The number of ketones is 1. The van der Waals surface area contributed by atoms with E-state index in [1.165, 1.54) is 5.56 Å². The lowest BCUT2D eigenvalue weighted by molar-refractivity contribution is 0.104. The lowest BCUT2D eigenvalue weighted by atomic mass is 9.86. The summed E-state index contributed by atoms with van der Waals surface area (Å²) >= 11 is 0. The summed E-state index contributed by atoms with van der Waals surface area (Å²) in [5.74, 6) is -0.0391. The second-order valence-corrected chi connectivity index (χ2v) is 6.26. The SMILES string of the molecule is CC(C)(C)c1ccc(C(=O)/C=C/c2cccc(C#N)c2)cc1. The standard InChI is InChI=1S/C20H19NO/c1-20(2,3)18-10-8-17(9-11-18)19(22)12-7-15-5-4-6-16(13-15)14-21/h4-13H,1-3H3/b12-7+. The van der Waals surface area contributed by atoms with Crippen LogP contribution in [0.4, 0.5) is 0 Å². The molecule has 2 rings (SSSR count). The zero-order valence-corrected chi connectivity index (χ0v) is 13.1. The van der Waals surface area contributed by atoms with Crippen molar-refractivity contribution in [3.05, 3.63) is 76.9 Å². The molecule has 2 aromatic carbocycles. The molecule has 0 aliphatic carbocycles. The van der Waals surface area contributed by atoms with Crippen molar-refractivity contribution in [3.63, 3.8) is 0 Å². The Morgan fingerprint density at radius 1 is 1.09 bits per heavy atom. The van der Waals surface area contributed by atoms with Crippen LogP contribution in [0.15, 0.2) is 54.6 Å². The zero-order valence-electron chi connectivity index (χ0n) is 13.1. The Balaban J connectivity index is 2.15. The van der Waals surface area contributed by atoms with Crippen LogP contribution in [0.3, 0.4) is 0 Å². The van der Waals surface area contributed by atoms with Crippen molar-refractivity contribution in [2.75, 3.05) is 0 Å². The largest absolute Gasteiger partial charge is 0.289 e. The highest BCUT2D eigenvalue weighted by atomic mass is 16.1. The predicted octanol–water partition coefficient (Wildman–Crippen LogP) is 4.75. The van der Waals surface area contributed by atoms with Crippen molar-refractivity contribution >= 4 is 11.9 Å². The molecule has 0 saturated carbocycles. The average molecular weight is 289 g/mol. The minimum atomic E-state index is -0.0391. The molecule has 0 N–H and O–H groups in total. The van der Waals surface area contributed by atoms with E-state index in [4.69, 9.17) is 5.26 Å². The Morgan fingerprint density at radius 3 is 2.36 bits per heavy atom. The van der Waals surface area contributed by atoms with Crippen molar-refractivity contribution in [3.8, 4) is 6.07 Å². The third kappa shape index (κ3) is 3.93. The van der Waals surface area contributed by atoms with E-state index in [0.29, 0.717) is 11.1 Å². The average Bonchev–Trinajstić information content (AvgIpc) is 2.52. The molecule has 22 heavy (non-hydrogen) atoms. The summed E-state index contributed by atoms with van der Waals surface area (Å²) in [7, 11) is 0. The van der Waals surface area contributed by atoms with Crippen LogP contribution < -0.4 is 0 Å². The summed E-state index contributed by atoms with van der Waals surface area (Å²) in [6.45, 7) is 6.43. The molecule has 0 saturated heterocycles. The van der Waals surface area contributed by atoms with E-state index >= 15 is 0 Å². The molecule has 0 aliphatic heterocycles. The fraction of sp³-hybridized carbons (Fsp3) is 0.200. The molecular formula is C20H19NO. The minimum absolute atomic E-state index is 0.0391. The third-order valence-corrected chi connectivity index (χ3v) is 3.48. The van der Waals surface area contributed by atoms with Gasteiger partial charge in [0, 0.05) is 5.56 Å². The number of hydrogen-bond donors (Lipinski definition) is 0. The molecule has 0 unspecified atom stereocenters. The van der Waals surface area contributed by atoms with Gasteiger partial charge in [0.15, 0.2) is 5.78 Å². The van der Waals surface area contributed by atoms with Crippen LogP contribution in [0.25, 0.3) is 6.08 Å². The van der Waals surface area contributed by atoms with Crippen molar-refractivity contribution in [1.29, 1.82) is 5.26 Å². The molecule has 2 heteroatoms. The van der Waals surface area contributed by atoms with Gasteiger partial charge in [-0.25, -0.2) is 0 Å². The van der Waals surface area contributed by atoms with Crippen LogP contribution in [0.5, 0.6) is 0 Å². The van der Waals surface area contributed by atoms with Crippen LogP contribution in [0.1, 0.15) is 47.8 Å². The topological polar surface area (TPSA) is 40.9 Å². The van der Waals surface area contributed by atoms with E-state index < -0.39 is 0 Å². The van der Waals surface area contributed by atoms with Gasteiger partial charge in [-0.15, -0.1) is 0 Å². The summed E-state index contributed by atoms with van der Waals surface area (Å²) in [5.41, 5.74) is 3.38. The Labute approximate surface area is 131 Å². The van der Waals surface area contributed by atoms with Gasteiger partial charge >= 0.3 is 0 Å². The number of hydrogen-bond acceptors (Lipinski definition) is 2. The monoisotopic (exact) mass is 289 g/mol. The zero-order chi connectivity index (χ0) is 16.2. The molecule has 2 nitrogen and oxygen atoms in total.